The molecule has 1 amide bonds. The summed E-state index contributed by atoms with van der Waals surface area (Å²) in [5, 5.41) is 17.8. The number of aromatic nitrogens is 2. The Bertz CT molecular complexity index is 1100. The lowest BCUT2D eigenvalue weighted by Crippen LogP contribution is -2.22. The first-order chi connectivity index (χ1) is 14.3. The lowest BCUT2D eigenvalue weighted by molar-refractivity contribution is 0.100. The lowest BCUT2D eigenvalue weighted by Gasteiger charge is -2.15. The highest BCUT2D eigenvalue weighted by Crippen LogP contribution is 2.39. The Hall–Kier alpha value is -3.10. The number of hydrogen-bond acceptors (Lipinski definition) is 5. The van der Waals surface area contributed by atoms with Crippen molar-refractivity contribution in [3.05, 3.63) is 64.4 Å². The third-order valence-corrected chi connectivity index (χ3v) is 5.23. The summed E-state index contributed by atoms with van der Waals surface area (Å²) in [6, 6.07) is 11.5. The summed E-state index contributed by atoms with van der Waals surface area (Å²) >= 11 is 5.87. The minimum atomic E-state index is -1.02. The molecule has 7 nitrogen and oxygen atoms in total. The van der Waals surface area contributed by atoms with Crippen molar-refractivity contribution in [2.24, 2.45) is 5.73 Å². The second-order valence-electron chi connectivity index (χ2n) is 7.33. The number of aliphatic hydroxyl groups excluding tert-OH is 1. The van der Waals surface area contributed by atoms with Crippen LogP contribution >= 0.6 is 11.6 Å². The van der Waals surface area contributed by atoms with Crippen LogP contribution < -0.4 is 16.8 Å². The molecule has 1 unspecified atom stereocenters. The molecular formula is C21H21ClFN5O2. The molecule has 6 N–H and O–H groups in total. The zero-order valence-electron chi connectivity index (χ0n) is 16.0. The van der Waals surface area contributed by atoms with E-state index in [9.17, 15) is 14.3 Å². The fraction of sp³-hybridized carbons (Fsp3) is 0.238. The molecule has 1 saturated carbocycles. The van der Waals surface area contributed by atoms with Gasteiger partial charge >= 0.3 is 0 Å². The fourth-order valence-electron chi connectivity index (χ4n) is 3.35. The van der Waals surface area contributed by atoms with Crippen LogP contribution in [0.25, 0.3) is 11.3 Å². The van der Waals surface area contributed by atoms with Crippen molar-refractivity contribution in [2.75, 3.05) is 11.1 Å². The van der Waals surface area contributed by atoms with Gasteiger partial charge in [-0.25, -0.2) is 9.07 Å². The Balaban J connectivity index is 1.51. The molecule has 30 heavy (non-hydrogen) atoms. The molecule has 1 aliphatic rings. The first-order valence-corrected chi connectivity index (χ1v) is 9.88. The number of anilines is 2. The number of benzene rings is 2. The molecule has 0 saturated heterocycles. The Morgan fingerprint density at radius 3 is 2.63 bits per heavy atom. The molecule has 1 aliphatic carbocycles. The number of primary amides is 1. The first kappa shape index (κ1) is 20.2. The lowest BCUT2D eigenvalue weighted by atomic mass is 10.0. The van der Waals surface area contributed by atoms with Crippen LogP contribution in [0.3, 0.4) is 0 Å². The van der Waals surface area contributed by atoms with E-state index in [2.05, 4.69) is 10.4 Å². The second kappa shape index (κ2) is 7.97. The summed E-state index contributed by atoms with van der Waals surface area (Å²) in [7, 11) is 0. The molecule has 0 spiro atoms. The van der Waals surface area contributed by atoms with Crippen molar-refractivity contribution in [3.63, 3.8) is 0 Å². The molecule has 156 valence electrons. The molecular weight excluding hydrogens is 409 g/mol. The molecule has 1 aromatic heterocycles. The van der Waals surface area contributed by atoms with Gasteiger partial charge < -0.3 is 21.9 Å². The molecule has 0 radical (unpaired) electrons. The number of carbonyl (C=O) groups excluding carboxylic acids is 1. The molecule has 3 aromatic rings. The highest BCUT2D eigenvalue weighted by atomic mass is 35.5. The molecule has 1 fully saturated rings. The Labute approximate surface area is 177 Å². The minimum Gasteiger partial charge on any atom is -0.383 e. The number of halogens is 2. The smallest absolute Gasteiger partial charge is 0.254 e. The normalized spacial score (nSPS) is 14.5. The van der Waals surface area contributed by atoms with Gasteiger partial charge in [0, 0.05) is 17.0 Å². The van der Waals surface area contributed by atoms with Crippen molar-refractivity contribution in [3.8, 4) is 11.3 Å². The summed E-state index contributed by atoms with van der Waals surface area (Å²) in [4.78, 5) is 11.9. The third kappa shape index (κ3) is 4.10. The van der Waals surface area contributed by atoms with E-state index in [0.717, 1.165) is 18.4 Å². The highest BCUT2D eigenvalue weighted by Gasteiger charge is 2.31. The van der Waals surface area contributed by atoms with Gasteiger partial charge in [0.25, 0.3) is 5.91 Å². The van der Waals surface area contributed by atoms with Crippen LogP contribution in [0, 0.1) is 5.82 Å². The topological polar surface area (TPSA) is 119 Å². The number of nitrogens with two attached hydrogens (primary N) is 2. The number of nitrogen functional groups attached to an aromatic ring is 1. The Kier molecular flexibility index (Phi) is 5.36. The maximum atomic E-state index is 13.8. The summed E-state index contributed by atoms with van der Waals surface area (Å²) in [5.74, 6) is -0.842. The van der Waals surface area contributed by atoms with E-state index in [-0.39, 0.29) is 29.5 Å². The SMILES string of the molecule is NC(=O)c1c(-c2ccc(CC(O)Nc3cc(Cl)ccc3F)cc2)nn(C2CC2)c1N. The van der Waals surface area contributed by atoms with Crippen LogP contribution in [0.5, 0.6) is 0 Å². The van der Waals surface area contributed by atoms with Gasteiger partial charge in [0.1, 0.15) is 29.1 Å². The van der Waals surface area contributed by atoms with Crippen LogP contribution in [0.2, 0.25) is 5.02 Å². The van der Waals surface area contributed by atoms with E-state index < -0.39 is 18.0 Å². The zero-order valence-corrected chi connectivity index (χ0v) is 16.7. The summed E-state index contributed by atoms with van der Waals surface area (Å²) < 4.78 is 15.5. The van der Waals surface area contributed by atoms with Crippen molar-refractivity contribution < 1.29 is 14.3 Å². The van der Waals surface area contributed by atoms with E-state index in [1.54, 1.807) is 28.9 Å². The molecule has 0 aliphatic heterocycles. The van der Waals surface area contributed by atoms with Crippen LogP contribution in [-0.2, 0) is 6.42 Å². The molecule has 1 heterocycles. The van der Waals surface area contributed by atoms with Gasteiger partial charge in [0.15, 0.2) is 0 Å². The minimum absolute atomic E-state index is 0.124. The van der Waals surface area contributed by atoms with Gasteiger partial charge in [0.2, 0.25) is 0 Å². The molecule has 4 rings (SSSR count). The summed E-state index contributed by atoms with van der Waals surface area (Å²) in [6.45, 7) is 0. The molecule has 9 heteroatoms. The maximum absolute atomic E-state index is 13.8. The predicted octanol–water partition coefficient (Wildman–Crippen LogP) is 3.33. The monoisotopic (exact) mass is 429 g/mol. The van der Waals surface area contributed by atoms with E-state index in [4.69, 9.17) is 23.1 Å². The Morgan fingerprint density at radius 1 is 1.30 bits per heavy atom. The van der Waals surface area contributed by atoms with Crippen LogP contribution in [0.4, 0.5) is 15.9 Å². The number of nitrogens with zero attached hydrogens (tertiary/aromatic N) is 2. The maximum Gasteiger partial charge on any atom is 0.254 e. The standard InChI is InChI=1S/C21H21ClFN5O2/c22-13-5-8-15(23)16(10-13)26-17(29)9-11-1-3-12(4-2-11)19-18(21(25)30)20(24)28(27-19)14-6-7-14/h1-5,8,10,14,17,26,29H,6-7,9,24H2,(H2,25,30). The van der Waals surface area contributed by atoms with E-state index in [0.29, 0.717) is 16.3 Å². The van der Waals surface area contributed by atoms with Gasteiger partial charge in [-0.05, 0) is 36.6 Å². The zero-order chi connectivity index (χ0) is 21.4. The van der Waals surface area contributed by atoms with Crippen LogP contribution in [-0.4, -0.2) is 27.0 Å². The van der Waals surface area contributed by atoms with E-state index >= 15 is 0 Å². The van der Waals surface area contributed by atoms with Crippen LogP contribution in [0.1, 0.15) is 34.8 Å². The van der Waals surface area contributed by atoms with Crippen LogP contribution in [0.15, 0.2) is 42.5 Å². The number of aliphatic hydroxyl groups is 1. The summed E-state index contributed by atoms with van der Waals surface area (Å²) in [5.41, 5.74) is 13.9. The van der Waals surface area contributed by atoms with Gasteiger partial charge in [-0.15, -0.1) is 0 Å². The molecule has 1 atom stereocenters. The largest absolute Gasteiger partial charge is 0.383 e. The predicted molar refractivity (Wildman–Crippen MR) is 114 cm³/mol. The van der Waals surface area contributed by atoms with Gasteiger partial charge in [-0.3, -0.25) is 4.79 Å². The number of amides is 1. The average Bonchev–Trinajstić information content (AvgIpc) is 3.47. The molecule has 0 bridgehead atoms. The first-order valence-electron chi connectivity index (χ1n) is 9.50. The summed E-state index contributed by atoms with van der Waals surface area (Å²) in [6.07, 6.45) is 1.16. The number of rotatable bonds is 7. The third-order valence-electron chi connectivity index (χ3n) is 4.99. The van der Waals surface area contributed by atoms with Crippen molar-refractivity contribution in [1.82, 2.24) is 9.78 Å². The van der Waals surface area contributed by atoms with Crippen molar-refractivity contribution >= 4 is 29.0 Å². The fourth-order valence-corrected chi connectivity index (χ4v) is 3.52. The van der Waals surface area contributed by atoms with E-state index in [1.807, 2.05) is 0 Å². The molecule has 2 aromatic carbocycles. The van der Waals surface area contributed by atoms with Crippen molar-refractivity contribution in [2.45, 2.75) is 31.5 Å². The number of carbonyl (C=O) groups is 1. The number of nitrogens with one attached hydrogen (secondary N) is 1. The van der Waals surface area contributed by atoms with Gasteiger partial charge in [-0.2, -0.15) is 5.10 Å². The van der Waals surface area contributed by atoms with Crippen molar-refractivity contribution in [1.29, 1.82) is 0 Å². The number of hydrogen-bond donors (Lipinski definition) is 4. The van der Waals surface area contributed by atoms with Gasteiger partial charge in [-0.1, -0.05) is 35.9 Å². The average molecular weight is 430 g/mol. The second-order valence-corrected chi connectivity index (χ2v) is 7.77. The van der Waals surface area contributed by atoms with E-state index in [1.165, 1.54) is 18.2 Å². The highest BCUT2D eigenvalue weighted by molar-refractivity contribution is 6.30. The Morgan fingerprint density at radius 2 is 2.00 bits per heavy atom. The van der Waals surface area contributed by atoms with Gasteiger partial charge in [0.05, 0.1) is 11.7 Å². The quantitative estimate of drug-likeness (QED) is 0.429.